The molecule has 0 saturated heterocycles. The topological polar surface area (TPSA) is 33.5 Å². The first-order chi connectivity index (χ1) is 8.66. The zero-order chi connectivity index (χ0) is 13.0. The molecule has 0 aliphatic carbocycles. The van der Waals surface area contributed by atoms with E-state index < -0.39 is 0 Å². The molecule has 18 heavy (non-hydrogen) atoms. The fourth-order valence-corrected chi connectivity index (χ4v) is 1.91. The van der Waals surface area contributed by atoms with Crippen molar-refractivity contribution in [3.8, 4) is 0 Å². The van der Waals surface area contributed by atoms with Gasteiger partial charge in [-0.15, -0.1) is 0 Å². The average molecular weight is 308 g/mol. The van der Waals surface area contributed by atoms with Gasteiger partial charge in [-0.05, 0) is 36.4 Å². The van der Waals surface area contributed by atoms with Gasteiger partial charge in [0, 0.05) is 30.0 Å². The van der Waals surface area contributed by atoms with Crippen LogP contribution in [0.2, 0.25) is 0 Å². The monoisotopic (exact) mass is 307 g/mol. The molecule has 2 aromatic rings. The summed E-state index contributed by atoms with van der Waals surface area (Å²) < 4.78 is 6.21. The minimum atomic E-state index is 0.0223. The number of rotatable bonds is 4. The third kappa shape index (κ3) is 3.23. The molecule has 0 radical (unpaired) electrons. The Labute approximate surface area is 115 Å². The van der Waals surface area contributed by atoms with E-state index in [1.165, 1.54) is 0 Å². The van der Waals surface area contributed by atoms with Crippen molar-refractivity contribution in [1.82, 2.24) is 4.90 Å². The fourth-order valence-electron chi connectivity index (χ4n) is 1.65. The van der Waals surface area contributed by atoms with E-state index in [1.54, 1.807) is 18.2 Å². The zero-order valence-corrected chi connectivity index (χ0v) is 11.7. The van der Waals surface area contributed by atoms with Gasteiger partial charge in [0.15, 0.2) is 0 Å². The summed E-state index contributed by atoms with van der Waals surface area (Å²) in [5.74, 6) is 0.916. The van der Waals surface area contributed by atoms with Crippen molar-refractivity contribution in [3.05, 3.63) is 58.5 Å². The van der Waals surface area contributed by atoms with Crippen molar-refractivity contribution >= 4 is 21.8 Å². The first-order valence-corrected chi connectivity index (χ1v) is 6.49. The third-order valence-corrected chi connectivity index (χ3v) is 3.24. The highest BCUT2D eigenvalue weighted by Crippen LogP contribution is 2.12. The molecule has 0 spiro atoms. The number of hydrogen-bond donors (Lipinski definition) is 0. The number of benzene rings is 1. The molecule has 0 aliphatic rings. The number of likely N-dealkylation sites (N-methyl/N-ethyl adjacent to an activating group) is 1. The molecule has 0 fully saturated rings. The lowest BCUT2D eigenvalue weighted by Gasteiger charge is -2.16. The maximum atomic E-state index is 12.1. The molecule has 1 aromatic carbocycles. The molecule has 0 unspecified atom stereocenters. The van der Waals surface area contributed by atoms with Crippen LogP contribution in [0.15, 0.2) is 51.6 Å². The molecule has 3 nitrogen and oxygen atoms in total. The number of nitrogens with zero attached hydrogens (tertiary/aromatic N) is 1. The standard InChI is InChI=1S/C14H14BrNO2/c1-16(9-8-13-3-2-10-18-13)14(17)11-4-6-12(15)7-5-11/h2-7,10H,8-9H2,1H3. The second-order valence-electron chi connectivity index (χ2n) is 4.06. The lowest BCUT2D eigenvalue weighted by atomic mass is 10.2. The second kappa shape index (κ2) is 5.87. The Morgan fingerprint density at radius 1 is 1.28 bits per heavy atom. The lowest BCUT2D eigenvalue weighted by Crippen LogP contribution is -2.28. The van der Waals surface area contributed by atoms with Gasteiger partial charge in [-0.2, -0.15) is 0 Å². The molecule has 94 valence electrons. The van der Waals surface area contributed by atoms with Crippen LogP contribution in [-0.4, -0.2) is 24.4 Å². The van der Waals surface area contributed by atoms with Crippen LogP contribution < -0.4 is 0 Å². The first-order valence-electron chi connectivity index (χ1n) is 5.70. The Morgan fingerprint density at radius 3 is 2.61 bits per heavy atom. The van der Waals surface area contributed by atoms with Crippen molar-refractivity contribution in [3.63, 3.8) is 0 Å². The molecule has 4 heteroatoms. The summed E-state index contributed by atoms with van der Waals surface area (Å²) >= 11 is 3.35. The predicted octanol–water partition coefficient (Wildman–Crippen LogP) is 3.36. The van der Waals surface area contributed by atoms with Gasteiger partial charge in [0.2, 0.25) is 0 Å². The summed E-state index contributed by atoms with van der Waals surface area (Å²) in [4.78, 5) is 13.8. The SMILES string of the molecule is CN(CCc1ccco1)C(=O)c1ccc(Br)cc1. The number of carbonyl (C=O) groups excluding carboxylic acids is 1. The Balaban J connectivity index is 1.94. The van der Waals surface area contributed by atoms with E-state index >= 15 is 0 Å². The van der Waals surface area contributed by atoms with Crippen molar-refractivity contribution in [1.29, 1.82) is 0 Å². The highest BCUT2D eigenvalue weighted by Gasteiger charge is 2.11. The Kier molecular flexibility index (Phi) is 4.20. The molecule has 0 bridgehead atoms. The van der Waals surface area contributed by atoms with Crippen LogP contribution in [0.1, 0.15) is 16.1 Å². The summed E-state index contributed by atoms with van der Waals surface area (Å²) in [5, 5.41) is 0. The fraction of sp³-hybridized carbons (Fsp3) is 0.214. The molecule has 0 aliphatic heterocycles. The van der Waals surface area contributed by atoms with Crippen molar-refractivity contribution < 1.29 is 9.21 Å². The predicted molar refractivity (Wildman–Crippen MR) is 73.5 cm³/mol. The van der Waals surface area contributed by atoms with Crippen LogP contribution in [0.5, 0.6) is 0 Å². The van der Waals surface area contributed by atoms with Crippen LogP contribution in [0.3, 0.4) is 0 Å². The average Bonchev–Trinajstić information content (AvgIpc) is 2.89. The highest BCUT2D eigenvalue weighted by molar-refractivity contribution is 9.10. The molecule has 1 heterocycles. The minimum Gasteiger partial charge on any atom is -0.469 e. The van der Waals surface area contributed by atoms with E-state index in [2.05, 4.69) is 15.9 Å². The molecular formula is C14H14BrNO2. The highest BCUT2D eigenvalue weighted by atomic mass is 79.9. The number of hydrogen-bond acceptors (Lipinski definition) is 2. The summed E-state index contributed by atoms with van der Waals surface area (Å²) in [6, 6.07) is 11.1. The van der Waals surface area contributed by atoms with Crippen LogP contribution in [0.25, 0.3) is 0 Å². The van der Waals surface area contributed by atoms with E-state index in [1.807, 2.05) is 36.4 Å². The van der Waals surface area contributed by atoms with Gasteiger partial charge in [0.25, 0.3) is 5.91 Å². The van der Waals surface area contributed by atoms with Gasteiger partial charge in [-0.3, -0.25) is 4.79 Å². The largest absolute Gasteiger partial charge is 0.469 e. The second-order valence-corrected chi connectivity index (χ2v) is 4.98. The smallest absolute Gasteiger partial charge is 0.253 e. The Morgan fingerprint density at radius 2 is 2.00 bits per heavy atom. The van der Waals surface area contributed by atoms with Crippen LogP contribution in [0.4, 0.5) is 0 Å². The number of amides is 1. The van der Waals surface area contributed by atoms with Crippen LogP contribution in [-0.2, 0) is 6.42 Å². The van der Waals surface area contributed by atoms with Crippen LogP contribution >= 0.6 is 15.9 Å². The summed E-state index contributed by atoms with van der Waals surface area (Å²) in [6.45, 7) is 0.641. The van der Waals surface area contributed by atoms with Crippen molar-refractivity contribution in [2.45, 2.75) is 6.42 Å². The molecular weight excluding hydrogens is 294 g/mol. The van der Waals surface area contributed by atoms with E-state index in [-0.39, 0.29) is 5.91 Å². The number of halogens is 1. The first kappa shape index (κ1) is 12.9. The molecule has 2 rings (SSSR count). The van der Waals surface area contributed by atoms with E-state index in [4.69, 9.17) is 4.42 Å². The normalized spacial score (nSPS) is 10.3. The molecule has 0 saturated carbocycles. The Bertz CT molecular complexity index is 505. The van der Waals surface area contributed by atoms with Gasteiger partial charge < -0.3 is 9.32 Å². The molecule has 0 atom stereocenters. The maximum Gasteiger partial charge on any atom is 0.253 e. The van der Waals surface area contributed by atoms with Crippen LogP contribution in [0, 0.1) is 0 Å². The molecule has 1 amide bonds. The Hall–Kier alpha value is -1.55. The minimum absolute atomic E-state index is 0.0223. The van der Waals surface area contributed by atoms with Gasteiger partial charge in [0.1, 0.15) is 5.76 Å². The maximum absolute atomic E-state index is 12.1. The van der Waals surface area contributed by atoms with Crippen molar-refractivity contribution in [2.75, 3.05) is 13.6 Å². The molecule has 1 aromatic heterocycles. The molecule has 0 N–H and O–H groups in total. The third-order valence-electron chi connectivity index (χ3n) is 2.71. The zero-order valence-electron chi connectivity index (χ0n) is 10.1. The lowest BCUT2D eigenvalue weighted by molar-refractivity contribution is 0.0795. The van der Waals surface area contributed by atoms with Crippen molar-refractivity contribution in [2.24, 2.45) is 0 Å². The number of furan rings is 1. The van der Waals surface area contributed by atoms with Gasteiger partial charge in [-0.25, -0.2) is 0 Å². The van der Waals surface area contributed by atoms with Gasteiger partial charge >= 0.3 is 0 Å². The van der Waals surface area contributed by atoms with E-state index in [9.17, 15) is 4.79 Å². The number of carbonyl (C=O) groups is 1. The van der Waals surface area contributed by atoms with Gasteiger partial charge in [0.05, 0.1) is 6.26 Å². The summed E-state index contributed by atoms with van der Waals surface area (Å²) in [7, 11) is 1.80. The van der Waals surface area contributed by atoms with E-state index in [0.717, 1.165) is 16.7 Å². The summed E-state index contributed by atoms with van der Waals surface area (Å²) in [5.41, 5.74) is 0.695. The van der Waals surface area contributed by atoms with Gasteiger partial charge in [-0.1, -0.05) is 15.9 Å². The van der Waals surface area contributed by atoms with E-state index in [0.29, 0.717) is 12.1 Å². The summed E-state index contributed by atoms with van der Waals surface area (Å²) in [6.07, 6.45) is 2.37. The quantitative estimate of drug-likeness (QED) is 0.868.